The second kappa shape index (κ2) is 11.5. The van der Waals surface area contributed by atoms with Gasteiger partial charge in [-0.15, -0.1) is 0 Å². The minimum absolute atomic E-state index is 0.0804. The van der Waals surface area contributed by atoms with Gasteiger partial charge in [0.15, 0.2) is 0 Å². The molecule has 3 atom stereocenters. The second-order valence-corrected chi connectivity index (χ2v) is 10.3. The summed E-state index contributed by atoms with van der Waals surface area (Å²) < 4.78 is 12.0. The topological polar surface area (TPSA) is 75.1 Å². The fourth-order valence-corrected chi connectivity index (χ4v) is 4.98. The highest BCUT2D eigenvalue weighted by Crippen LogP contribution is 2.30. The van der Waals surface area contributed by atoms with Crippen molar-refractivity contribution in [1.29, 1.82) is 0 Å². The summed E-state index contributed by atoms with van der Waals surface area (Å²) in [6.07, 6.45) is 3.84. The van der Waals surface area contributed by atoms with Crippen LogP contribution >= 0.6 is 0 Å². The Labute approximate surface area is 209 Å². The minimum Gasteiger partial charge on any atom is -0.472 e. The molecule has 0 aliphatic carbocycles. The molecule has 4 rings (SSSR count). The molecule has 0 bridgehead atoms. The predicted molar refractivity (Wildman–Crippen MR) is 137 cm³/mol. The van der Waals surface area contributed by atoms with Crippen LogP contribution in [-0.2, 0) is 4.74 Å². The standard InChI is InChI=1S/C28H39N3O4/c1-19-5-7-23(8-6-19)24-13-25-27(29-14-24)35-26(17-30(4)16-22-9-11-34-12-10-22)20(2)15-31(28(25)33)21(3)18-32/h5-8,13-14,20-22,26,32H,9-12,15-18H2,1-4H3/t20-,21-,26+/m1/s1. The van der Waals surface area contributed by atoms with Gasteiger partial charge in [-0.05, 0) is 51.3 Å². The summed E-state index contributed by atoms with van der Waals surface area (Å²) in [5.74, 6) is 0.935. The summed E-state index contributed by atoms with van der Waals surface area (Å²) in [6, 6.07) is 9.77. The Hall–Kier alpha value is -2.48. The molecular weight excluding hydrogens is 442 g/mol. The molecule has 1 N–H and O–H groups in total. The van der Waals surface area contributed by atoms with Gasteiger partial charge in [0.1, 0.15) is 11.7 Å². The fourth-order valence-electron chi connectivity index (χ4n) is 4.98. The van der Waals surface area contributed by atoms with Crippen molar-refractivity contribution in [1.82, 2.24) is 14.8 Å². The van der Waals surface area contributed by atoms with E-state index in [0.717, 1.165) is 50.3 Å². The Morgan fingerprint density at radius 3 is 2.57 bits per heavy atom. The van der Waals surface area contributed by atoms with E-state index in [1.807, 2.05) is 25.1 Å². The number of aryl methyl sites for hydroxylation is 1. The smallest absolute Gasteiger partial charge is 0.259 e. The molecule has 1 aromatic carbocycles. The zero-order valence-corrected chi connectivity index (χ0v) is 21.4. The molecule has 1 saturated heterocycles. The van der Waals surface area contributed by atoms with Crippen molar-refractivity contribution in [2.45, 2.75) is 45.8 Å². The van der Waals surface area contributed by atoms with Crippen molar-refractivity contribution in [3.8, 4) is 17.0 Å². The van der Waals surface area contributed by atoms with E-state index in [1.165, 1.54) is 5.56 Å². The lowest BCUT2D eigenvalue weighted by Crippen LogP contribution is -2.50. The zero-order chi connectivity index (χ0) is 24.9. The number of fused-ring (bicyclic) bond motifs is 1. The van der Waals surface area contributed by atoms with Crippen LogP contribution in [0.4, 0.5) is 0 Å². The number of benzene rings is 1. The van der Waals surface area contributed by atoms with Gasteiger partial charge in [0.25, 0.3) is 5.91 Å². The number of pyridine rings is 1. The molecule has 7 nitrogen and oxygen atoms in total. The Balaban J connectivity index is 1.62. The molecule has 2 aliphatic heterocycles. The Kier molecular flexibility index (Phi) is 8.42. The average Bonchev–Trinajstić information content (AvgIpc) is 2.86. The normalized spacial score (nSPS) is 22.3. The van der Waals surface area contributed by atoms with Gasteiger partial charge in [0.2, 0.25) is 5.88 Å². The summed E-state index contributed by atoms with van der Waals surface area (Å²) in [6.45, 7) is 9.90. The number of nitrogens with zero attached hydrogens (tertiary/aromatic N) is 3. The molecule has 35 heavy (non-hydrogen) atoms. The van der Waals surface area contributed by atoms with Gasteiger partial charge in [-0.25, -0.2) is 4.98 Å². The van der Waals surface area contributed by atoms with Crippen LogP contribution in [0.2, 0.25) is 0 Å². The van der Waals surface area contributed by atoms with Crippen LogP contribution in [0.3, 0.4) is 0 Å². The SMILES string of the molecule is Cc1ccc(-c2cnc3c(c2)C(=O)N([C@H](C)CO)C[C@@H](C)[C@H](CN(C)CC2CCOCC2)O3)cc1. The van der Waals surface area contributed by atoms with Crippen LogP contribution in [0.25, 0.3) is 11.1 Å². The van der Waals surface area contributed by atoms with E-state index in [0.29, 0.717) is 23.9 Å². The van der Waals surface area contributed by atoms with Crippen molar-refractivity contribution in [3.63, 3.8) is 0 Å². The van der Waals surface area contributed by atoms with E-state index in [9.17, 15) is 9.90 Å². The minimum atomic E-state index is -0.292. The number of aliphatic hydroxyl groups is 1. The molecule has 2 aliphatic rings. The number of aliphatic hydroxyl groups excluding tert-OH is 1. The van der Waals surface area contributed by atoms with E-state index < -0.39 is 0 Å². The number of amides is 1. The first-order valence-corrected chi connectivity index (χ1v) is 12.8. The molecule has 1 aromatic heterocycles. The van der Waals surface area contributed by atoms with Gasteiger partial charge in [0, 0.05) is 50.5 Å². The number of likely N-dealkylation sites (N-methyl/N-ethyl adjacent to an activating group) is 1. The van der Waals surface area contributed by atoms with E-state index in [-0.39, 0.29) is 30.6 Å². The van der Waals surface area contributed by atoms with Gasteiger partial charge in [0.05, 0.1) is 12.6 Å². The summed E-state index contributed by atoms with van der Waals surface area (Å²) in [5.41, 5.74) is 3.51. The van der Waals surface area contributed by atoms with Crippen LogP contribution in [0, 0.1) is 18.8 Å². The number of carbonyl (C=O) groups excluding carboxylic acids is 1. The Morgan fingerprint density at radius 1 is 1.17 bits per heavy atom. The van der Waals surface area contributed by atoms with E-state index in [1.54, 1.807) is 11.1 Å². The molecule has 190 valence electrons. The Bertz CT molecular complexity index is 990. The molecule has 1 fully saturated rings. The van der Waals surface area contributed by atoms with E-state index in [2.05, 4.69) is 42.9 Å². The molecule has 2 aromatic rings. The van der Waals surface area contributed by atoms with Crippen LogP contribution in [0.5, 0.6) is 5.88 Å². The number of aromatic nitrogens is 1. The maximum absolute atomic E-state index is 13.6. The van der Waals surface area contributed by atoms with Crippen molar-refractivity contribution < 1.29 is 19.4 Å². The second-order valence-electron chi connectivity index (χ2n) is 10.3. The largest absolute Gasteiger partial charge is 0.472 e. The van der Waals surface area contributed by atoms with E-state index in [4.69, 9.17) is 9.47 Å². The maximum atomic E-state index is 13.6. The molecule has 0 spiro atoms. The van der Waals surface area contributed by atoms with Gasteiger partial charge in [-0.3, -0.25) is 4.79 Å². The monoisotopic (exact) mass is 481 g/mol. The predicted octanol–water partition coefficient (Wildman–Crippen LogP) is 3.64. The number of rotatable bonds is 7. The third kappa shape index (κ3) is 6.21. The van der Waals surface area contributed by atoms with Crippen molar-refractivity contribution in [2.24, 2.45) is 11.8 Å². The van der Waals surface area contributed by atoms with Crippen molar-refractivity contribution >= 4 is 5.91 Å². The van der Waals surface area contributed by atoms with Gasteiger partial charge < -0.3 is 24.4 Å². The first kappa shape index (κ1) is 25.6. The summed E-state index contributed by atoms with van der Waals surface area (Å²) in [5, 5.41) is 9.89. The molecule has 0 saturated carbocycles. The molecular formula is C28H39N3O4. The summed E-state index contributed by atoms with van der Waals surface area (Å²) in [7, 11) is 2.14. The first-order valence-electron chi connectivity index (χ1n) is 12.8. The number of hydrogen-bond donors (Lipinski definition) is 1. The van der Waals surface area contributed by atoms with Gasteiger partial charge in [-0.1, -0.05) is 36.8 Å². The quantitative estimate of drug-likeness (QED) is 0.651. The number of ether oxygens (including phenoxy) is 2. The van der Waals surface area contributed by atoms with E-state index >= 15 is 0 Å². The fraction of sp³-hybridized carbons (Fsp3) is 0.571. The van der Waals surface area contributed by atoms with Crippen molar-refractivity contribution in [2.75, 3.05) is 46.5 Å². The molecule has 3 heterocycles. The van der Waals surface area contributed by atoms with Crippen LogP contribution in [0.15, 0.2) is 36.5 Å². The molecule has 1 amide bonds. The lowest BCUT2D eigenvalue weighted by Gasteiger charge is -2.38. The lowest BCUT2D eigenvalue weighted by atomic mass is 9.97. The van der Waals surface area contributed by atoms with Crippen LogP contribution in [-0.4, -0.2) is 84.4 Å². The number of carbonyl (C=O) groups is 1. The maximum Gasteiger partial charge on any atom is 0.259 e. The van der Waals surface area contributed by atoms with Crippen LogP contribution in [0.1, 0.15) is 42.6 Å². The number of hydrogen-bond acceptors (Lipinski definition) is 6. The highest BCUT2D eigenvalue weighted by Gasteiger charge is 2.34. The van der Waals surface area contributed by atoms with Crippen molar-refractivity contribution in [3.05, 3.63) is 47.7 Å². The highest BCUT2D eigenvalue weighted by atomic mass is 16.5. The third-order valence-electron chi connectivity index (χ3n) is 7.31. The first-order chi connectivity index (χ1) is 16.9. The van der Waals surface area contributed by atoms with Gasteiger partial charge >= 0.3 is 0 Å². The molecule has 0 unspecified atom stereocenters. The summed E-state index contributed by atoms with van der Waals surface area (Å²) in [4.78, 5) is 22.4. The molecule has 0 radical (unpaired) electrons. The third-order valence-corrected chi connectivity index (χ3v) is 7.31. The average molecular weight is 482 g/mol. The summed E-state index contributed by atoms with van der Waals surface area (Å²) >= 11 is 0. The highest BCUT2D eigenvalue weighted by molar-refractivity contribution is 5.98. The zero-order valence-electron chi connectivity index (χ0n) is 21.4. The van der Waals surface area contributed by atoms with Crippen LogP contribution < -0.4 is 4.74 Å². The lowest BCUT2D eigenvalue weighted by molar-refractivity contribution is 0.0254. The Morgan fingerprint density at radius 2 is 1.89 bits per heavy atom. The van der Waals surface area contributed by atoms with Gasteiger partial charge in [-0.2, -0.15) is 0 Å². The molecule has 7 heteroatoms.